The van der Waals surface area contributed by atoms with Gasteiger partial charge in [-0.1, -0.05) is 0 Å². The van der Waals surface area contributed by atoms with Gasteiger partial charge in [0.05, 0.1) is 35.8 Å². The number of nitrogens with zero attached hydrogens (tertiary/aromatic N) is 1. The van der Waals surface area contributed by atoms with E-state index in [9.17, 15) is 19.3 Å². The van der Waals surface area contributed by atoms with Gasteiger partial charge in [-0.25, -0.2) is 4.39 Å². The molecule has 1 amide bonds. The van der Waals surface area contributed by atoms with Crippen LogP contribution in [0.1, 0.15) is 6.42 Å². The van der Waals surface area contributed by atoms with E-state index in [2.05, 4.69) is 10.6 Å². The van der Waals surface area contributed by atoms with Crippen LogP contribution in [-0.4, -0.2) is 36.6 Å². The van der Waals surface area contributed by atoms with Gasteiger partial charge in [-0.05, 0) is 6.07 Å². The largest absolute Gasteiger partial charge is 0.375 e. The van der Waals surface area contributed by atoms with Gasteiger partial charge in [-0.2, -0.15) is 0 Å². The summed E-state index contributed by atoms with van der Waals surface area (Å²) in [7, 11) is 0. The number of amides is 1. The van der Waals surface area contributed by atoms with Crippen LogP contribution in [0.4, 0.5) is 15.8 Å². The summed E-state index contributed by atoms with van der Waals surface area (Å²) >= 11 is 0. The quantitative estimate of drug-likeness (QED) is 0.636. The molecule has 108 valence electrons. The lowest BCUT2D eigenvalue weighted by molar-refractivity contribution is -0.385. The molecule has 2 rings (SSSR count). The van der Waals surface area contributed by atoms with Crippen LogP contribution >= 0.6 is 0 Å². The Morgan fingerprint density at radius 2 is 2.35 bits per heavy atom. The number of carbonyl (C=O) groups excluding carboxylic acids is 1. The second kappa shape index (κ2) is 6.40. The number of ether oxygens (including phenoxy) is 1. The molecule has 1 aromatic rings. The first kappa shape index (κ1) is 14.4. The maximum absolute atomic E-state index is 13.2. The van der Waals surface area contributed by atoms with Crippen LogP contribution in [0.3, 0.4) is 0 Å². The van der Waals surface area contributed by atoms with Crippen LogP contribution in [0.25, 0.3) is 0 Å². The summed E-state index contributed by atoms with van der Waals surface area (Å²) in [5, 5.41) is 16.1. The molecule has 1 atom stereocenters. The van der Waals surface area contributed by atoms with E-state index in [-0.39, 0.29) is 24.1 Å². The van der Waals surface area contributed by atoms with Gasteiger partial charge in [-0.3, -0.25) is 14.9 Å². The number of anilines is 1. The number of non-ortho nitro benzene ring substituents is 1. The van der Waals surface area contributed by atoms with Gasteiger partial charge < -0.3 is 15.4 Å². The summed E-state index contributed by atoms with van der Waals surface area (Å²) < 4.78 is 18.6. The highest BCUT2D eigenvalue weighted by molar-refractivity contribution is 5.91. The molecular formula is C12H14FN3O4. The van der Waals surface area contributed by atoms with Crippen LogP contribution in [0.5, 0.6) is 0 Å². The minimum Gasteiger partial charge on any atom is -0.375 e. The van der Waals surface area contributed by atoms with E-state index in [1.54, 1.807) is 0 Å². The summed E-state index contributed by atoms with van der Waals surface area (Å²) in [6.45, 7) is 1.84. The van der Waals surface area contributed by atoms with Gasteiger partial charge in [0.1, 0.15) is 5.82 Å². The molecule has 2 N–H and O–H groups in total. The normalized spacial score (nSPS) is 18.6. The van der Waals surface area contributed by atoms with Crippen molar-refractivity contribution in [2.24, 2.45) is 0 Å². The molecule has 0 aliphatic carbocycles. The summed E-state index contributed by atoms with van der Waals surface area (Å²) in [5.41, 5.74) is -0.346. The molecule has 1 aliphatic rings. The highest BCUT2D eigenvalue weighted by atomic mass is 19.1. The first-order valence-electron chi connectivity index (χ1n) is 6.12. The lowest BCUT2D eigenvalue weighted by Crippen LogP contribution is -2.40. The third kappa shape index (κ3) is 3.97. The number of nitrogens with one attached hydrogen (secondary N) is 2. The van der Waals surface area contributed by atoms with Gasteiger partial charge in [-0.15, -0.1) is 0 Å². The Labute approximate surface area is 114 Å². The van der Waals surface area contributed by atoms with Gasteiger partial charge in [0.2, 0.25) is 5.91 Å². The van der Waals surface area contributed by atoms with Crippen molar-refractivity contribution < 1.29 is 18.8 Å². The number of hydrogen-bond acceptors (Lipinski definition) is 5. The lowest BCUT2D eigenvalue weighted by Gasteiger charge is -2.23. The molecule has 1 fully saturated rings. The Kier molecular flexibility index (Phi) is 4.59. The number of benzene rings is 1. The highest BCUT2D eigenvalue weighted by Crippen LogP contribution is 2.20. The Balaban J connectivity index is 1.98. The molecule has 0 saturated carbocycles. The first-order chi connectivity index (χ1) is 9.54. The number of carbonyl (C=O) groups is 1. The van der Waals surface area contributed by atoms with Crippen molar-refractivity contribution in [2.75, 3.05) is 25.0 Å². The highest BCUT2D eigenvalue weighted by Gasteiger charge is 2.18. The molecule has 1 heterocycles. The van der Waals surface area contributed by atoms with Gasteiger partial charge in [0.25, 0.3) is 5.69 Å². The van der Waals surface area contributed by atoms with E-state index in [4.69, 9.17) is 4.74 Å². The van der Waals surface area contributed by atoms with Crippen molar-refractivity contribution in [3.8, 4) is 0 Å². The molecule has 20 heavy (non-hydrogen) atoms. The van der Waals surface area contributed by atoms with Crippen LogP contribution in [-0.2, 0) is 9.53 Å². The molecule has 8 heteroatoms. The second-order valence-electron chi connectivity index (χ2n) is 4.40. The Morgan fingerprint density at radius 3 is 3.00 bits per heavy atom. The van der Waals surface area contributed by atoms with E-state index < -0.39 is 16.4 Å². The van der Waals surface area contributed by atoms with Gasteiger partial charge >= 0.3 is 0 Å². The van der Waals surface area contributed by atoms with Crippen molar-refractivity contribution in [1.29, 1.82) is 0 Å². The second-order valence-corrected chi connectivity index (χ2v) is 4.40. The van der Waals surface area contributed by atoms with Crippen LogP contribution in [0, 0.1) is 15.9 Å². The number of halogens is 1. The molecule has 1 aliphatic heterocycles. The monoisotopic (exact) mass is 283 g/mol. The maximum atomic E-state index is 13.2. The minimum absolute atomic E-state index is 0.0606. The molecule has 0 bridgehead atoms. The lowest BCUT2D eigenvalue weighted by atomic mass is 10.2. The molecule has 1 unspecified atom stereocenters. The van der Waals surface area contributed by atoms with Crippen LogP contribution in [0.15, 0.2) is 18.2 Å². The fourth-order valence-corrected chi connectivity index (χ4v) is 1.92. The number of nitro benzene ring substituents is 1. The molecule has 0 aromatic heterocycles. The summed E-state index contributed by atoms with van der Waals surface area (Å²) in [5.74, 6) is -1.15. The van der Waals surface area contributed by atoms with Crippen LogP contribution in [0.2, 0.25) is 0 Å². The predicted octanol–water partition coefficient (Wildman–Crippen LogP) is 1.05. The molecular weight excluding hydrogens is 269 g/mol. The maximum Gasteiger partial charge on any atom is 0.274 e. The zero-order valence-electron chi connectivity index (χ0n) is 10.6. The van der Waals surface area contributed by atoms with Crippen molar-refractivity contribution in [2.45, 2.75) is 12.5 Å². The topological polar surface area (TPSA) is 93.5 Å². The van der Waals surface area contributed by atoms with Crippen molar-refractivity contribution in [3.63, 3.8) is 0 Å². The van der Waals surface area contributed by atoms with Gasteiger partial charge in [0, 0.05) is 19.2 Å². The predicted molar refractivity (Wildman–Crippen MR) is 68.9 cm³/mol. The molecule has 1 saturated heterocycles. The number of rotatable bonds is 4. The summed E-state index contributed by atoms with van der Waals surface area (Å²) in [6.07, 6.45) is -0.135. The Hall–Kier alpha value is -2.06. The Bertz CT molecular complexity index is 517. The van der Waals surface area contributed by atoms with Crippen molar-refractivity contribution >= 4 is 17.3 Å². The third-order valence-electron chi connectivity index (χ3n) is 2.79. The van der Waals surface area contributed by atoms with E-state index in [0.29, 0.717) is 13.2 Å². The van der Waals surface area contributed by atoms with E-state index >= 15 is 0 Å². The van der Waals surface area contributed by atoms with Crippen molar-refractivity contribution in [1.82, 2.24) is 5.32 Å². The van der Waals surface area contributed by atoms with Gasteiger partial charge in [0.15, 0.2) is 0 Å². The first-order valence-corrected chi connectivity index (χ1v) is 6.12. The number of hydrogen-bond donors (Lipinski definition) is 2. The zero-order valence-corrected chi connectivity index (χ0v) is 10.6. The zero-order chi connectivity index (χ0) is 14.5. The Morgan fingerprint density at radius 1 is 1.55 bits per heavy atom. The number of morpholine rings is 1. The van der Waals surface area contributed by atoms with Crippen molar-refractivity contribution in [3.05, 3.63) is 34.1 Å². The third-order valence-corrected chi connectivity index (χ3v) is 2.79. The molecule has 0 spiro atoms. The summed E-state index contributed by atoms with van der Waals surface area (Å²) in [4.78, 5) is 21.7. The fourth-order valence-electron chi connectivity index (χ4n) is 1.92. The van der Waals surface area contributed by atoms with E-state index in [1.165, 1.54) is 0 Å². The standard InChI is InChI=1S/C12H14FN3O4/c13-8-3-9(5-10(4-8)16(18)19)15-12(17)6-11-7-14-1-2-20-11/h3-5,11,14H,1-2,6-7H2,(H,15,17). The average Bonchev–Trinajstić information content (AvgIpc) is 2.38. The molecule has 0 radical (unpaired) electrons. The molecule has 1 aromatic carbocycles. The average molecular weight is 283 g/mol. The van der Waals surface area contributed by atoms with E-state index in [0.717, 1.165) is 24.7 Å². The SMILES string of the molecule is O=C(CC1CNCCO1)Nc1cc(F)cc([N+](=O)[O-])c1. The molecule has 7 nitrogen and oxygen atoms in total. The van der Waals surface area contributed by atoms with Crippen LogP contribution < -0.4 is 10.6 Å². The summed E-state index contributed by atoms with van der Waals surface area (Å²) in [6, 6.07) is 2.94. The minimum atomic E-state index is -0.773. The van der Waals surface area contributed by atoms with E-state index in [1.807, 2.05) is 0 Å². The number of nitro groups is 1. The smallest absolute Gasteiger partial charge is 0.274 e. The fraction of sp³-hybridized carbons (Fsp3) is 0.417.